The van der Waals surface area contributed by atoms with E-state index < -0.39 is 109 Å². The zero-order valence-electron chi connectivity index (χ0n) is 48.3. The maximum absolute atomic E-state index is 12.2. The van der Waals surface area contributed by atoms with Crippen molar-refractivity contribution in [2.45, 2.75) is 156 Å². The number of ether oxygens (including phenoxy) is 10. The molecule has 2 fully saturated rings. The Balaban J connectivity index is 1.02. The van der Waals surface area contributed by atoms with Gasteiger partial charge in [0.05, 0.1) is 0 Å². The summed E-state index contributed by atoms with van der Waals surface area (Å²) in [6.45, 7) is 10.8. The Labute approximate surface area is 518 Å². The second-order valence-corrected chi connectivity index (χ2v) is 21.1. The molecular formula is C56H70N8O18S4. The SMILES string of the molecule is CC(=O)OC[C@H]1O[C@@H](NC(=S)NCc2ccc(CNC(=S)NCc3cccc(CNC(=S)NCc4ccc(CNC(=S)N[C@@H]5O[C@H](COC(C)=O)[C@@H](OC(C)=O)[C@H](OC(C)=O)[C@H]5OC(C)=O)cc4)c3)cc2)[C@H](OC(C)=O)[C@@H](OC(C)=O)[C@@H]1OC(C)=O. The molecule has 2 heterocycles. The Hall–Kier alpha value is -7.90. The predicted molar refractivity (Wildman–Crippen MR) is 321 cm³/mol. The molecule has 0 radical (unpaired) electrons. The number of carbonyl (C=O) groups is 8. The van der Waals surface area contributed by atoms with Crippen LogP contribution in [0, 0.1) is 0 Å². The van der Waals surface area contributed by atoms with Crippen LogP contribution in [-0.2, 0) is 125 Å². The maximum atomic E-state index is 12.2. The van der Waals surface area contributed by atoms with Gasteiger partial charge < -0.3 is 89.9 Å². The Morgan fingerprint density at radius 2 is 0.605 bits per heavy atom. The highest BCUT2D eigenvalue weighted by Crippen LogP contribution is 2.30. The van der Waals surface area contributed by atoms with E-state index in [2.05, 4.69) is 42.5 Å². The van der Waals surface area contributed by atoms with Gasteiger partial charge in [0.25, 0.3) is 0 Å². The van der Waals surface area contributed by atoms with E-state index in [-0.39, 0.29) is 36.5 Å². The summed E-state index contributed by atoms with van der Waals surface area (Å²) in [4.78, 5) is 96.2. The fourth-order valence-corrected chi connectivity index (χ4v) is 9.33. The van der Waals surface area contributed by atoms with Crippen molar-refractivity contribution in [2.75, 3.05) is 13.2 Å². The Bertz CT molecular complexity index is 2740. The molecule has 8 N–H and O–H groups in total. The molecule has 466 valence electrons. The van der Waals surface area contributed by atoms with Crippen LogP contribution in [0.4, 0.5) is 0 Å². The van der Waals surface area contributed by atoms with Gasteiger partial charge in [0.15, 0.2) is 69.5 Å². The van der Waals surface area contributed by atoms with E-state index in [1.807, 2.05) is 72.8 Å². The molecule has 0 aromatic heterocycles. The van der Waals surface area contributed by atoms with Gasteiger partial charge in [0.1, 0.15) is 25.4 Å². The zero-order chi connectivity index (χ0) is 63.0. The molecule has 0 aliphatic carbocycles. The standard InChI is InChI=1S/C56H70N8O18S4/c1-29(65)73-27-43-45(75-31(3)67)47(77-33(5)69)49(79-35(7)71)51(81-43)63-55(85)61-23-39-16-12-37(13-17-39)21-57-53(83)59-25-41-10-9-11-42(20-41)26-60-54(84)58-22-38-14-18-40(19-15-38)24-62-56(86)64-52-50(80-36(8)72)48(78-34(6)70)46(76-32(4)68)44(82-52)28-74-30(2)66/h9-20,43-52H,21-28H2,1-8H3,(H2,57,59,83)(H2,58,60,84)(H2,61,63,85)(H2,62,64,86)/t43-,44-,45-,46-,47+,48+,49-,50-,51-,52-/m1/s1. The topological polar surface area (TPSA) is 325 Å². The predicted octanol–water partition coefficient (Wildman–Crippen LogP) is 2.11. The van der Waals surface area contributed by atoms with Crippen LogP contribution in [0.2, 0.25) is 0 Å². The molecule has 10 atom stereocenters. The van der Waals surface area contributed by atoms with Crippen molar-refractivity contribution in [2.24, 2.45) is 0 Å². The highest BCUT2D eigenvalue weighted by molar-refractivity contribution is 7.80. The van der Waals surface area contributed by atoms with Crippen molar-refractivity contribution >= 4 is 117 Å². The van der Waals surface area contributed by atoms with E-state index >= 15 is 0 Å². The van der Waals surface area contributed by atoms with Gasteiger partial charge in [-0.25, -0.2) is 0 Å². The second kappa shape index (κ2) is 34.3. The fourth-order valence-electron chi connectivity index (χ4n) is 8.67. The van der Waals surface area contributed by atoms with Crippen LogP contribution in [-0.4, -0.2) is 143 Å². The first kappa shape index (κ1) is 68.9. The lowest BCUT2D eigenvalue weighted by Gasteiger charge is -2.44. The monoisotopic (exact) mass is 1270 g/mol. The normalized spacial score (nSPS) is 21.2. The molecular weight excluding hydrogens is 1200 g/mol. The summed E-state index contributed by atoms with van der Waals surface area (Å²) in [6, 6.07) is 23.3. The average Bonchev–Trinajstić information content (AvgIpc) is 1.12. The summed E-state index contributed by atoms with van der Waals surface area (Å²) in [7, 11) is 0. The van der Waals surface area contributed by atoms with E-state index in [1.165, 1.54) is 13.8 Å². The fraction of sp³-hybridized carbons (Fsp3) is 0.464. The molecule has 0 saturated carbocycles. The molecule has 5 rings (SSSR count). The highest BCUT2D eigenvalue weighted by Gasteiger charge is 2.54. The van der Waals surface area contributed by atoms with Gasteiger partial charge in [-0.1, -0.05) is 72.8 Å². The number of rotatable bonds is 24. The molecule has 3 aromatic rings. The van der Waals surface area contributed by atoms with Crippen LogP contribution in [0.15, 0.2) is 72.8 Å². The summed E-state index contributed by atoms with van der Waals surface area (Å²) < 4.78 is 55.2. The number of benzene rings is 3. The van der Waals surface area contributed by atoms with Gasteiger partial charge in [0.2, 0.25) is 0 Å². The molecule has 0 spiro atoms. The third-order valence-electron chi connectivity index (χ3n) is 12.3. The van der Waals surface area contributed by atoms with Crippen molar-refractivity contribution in [3.63, 3.8) is 0 Å². The van der Waals surface area contributed by atoms with Gasteiger partial charge in [-0.15, -0.1) is 0 Å². The zero-order valence-corrected chi connectivity index (χ0v) is 51.6. The molecule has 0 amide bonds. The maximum Gasteiger partial charge on any atom is 0.303 e. The molecule has 86 heavy (non-hydrogen) atoms. The van der Waals surface area contributed by atoms with Gasteiger partial charge >= 0.3 is 47.8 Å². The number of hydrogen-bond acceptors (Lipinski definition) is 22. The largest absolute Gasteiger partial charge is 0.463 e. The molecule has 0 bridgehead atoms. The number of hydrogen-bond donors (Lipinski definition) is 8. The minimum absolute atomic E-state index is 0.0845. The minimum atomic E-state index is -1.35. The first-order valence-corrected chi connectivity index (χ1v) is 28.4. The third kappa shape index (κ3) is 23.9. The number of thiocarbonyl (C=S) groups is 4. The molecule has 2 aliphatic rings. The van der Waals surface area contributed by atoms with Crippen molar-refractivity contribution in [1.82, 2.24) is 42.5 Å². The van der Waals surface area contributed by atoms with Crippen molar-refractivity contribution in [3.8, 4) is 0 Å². The first-order chi connectivity index (χ1) is 40.8. The van der Waals surface area contributed by atoms with E-state index in [4.69, 9.17) is 96.2 Å². The van der Waals surface area contributed by atoms with Crippen LogP contribution >= 0.6 is 48.9 Å². The van der Waals surface area contributed by atoms with E-state index in [0.717, 1.165) is 74.9 Å². The first-order valence-electron chi connectivity index (χ1n) is 26.8. The lowest BCUT2D eigenvalue weighted by Crippen LogP contribution is -2.66. The lowest BCUT2D eigenvalue weighted by atomic mass is 9.97. The molecule has 30 heteroatoms. The smallest absolute Gasteiger partial charge is 0.303 e. The Kier molecular flexibility index (Phi) is 27.5. The van der Waals surface area contributed by atoms with Gasteiger partial charge in [-0.2, -0.15) is 0 Å². The van der Waals surface area contributed by atoms with Gasteiger partial charge in [-0.3, -0.25) is 38.4 Å². The molecule has 2 saturated heterocycles. The number of carbonyl (C=O) groups excluding carboxylic acids is 8. The quantitative estimate of drug-likeness (QED) is 0.0362. The second-order valence-electron chi connectivity index (χ2n) is 19.4. The van der Waals surface area contributed by atoms with Crippen LogP contribution in [0.3, 0.4) is 0 Å². The van der Waals surface area contributed by atoms with Crippen LogP contribution in [0.25, 0.3) is 0 Å². The molecule has 26 nitrogen and oxygen atoms in total. The van der Waals surface area contributed by atoms with Crippen molar-refractivity contribution < 1.29 is 85.7 Å². The van der Waals surface area contributed by atoms with Crippen LogP contribution in [0.5, 0.6) is 0 Å². The summed E-state index contributed by atoms with van der Waals surface area (Å²) in [5.74, 6) is -5.74. The van der Waals surface area contributed by atoms with E-state index in [0.29, 0.717) is 36.4 Å². The molecule has 0 unspecified atom stereocenters. The van der Waals surface area contributed by atoms with Crippen LogP contribution < -0.4 is 42.5 Å². The van der Waals surface area contributed by atoms with E-state index in [9.17, 15) is 38.4 Å². The summed E-state index contributed by atoms with van der Waals surface area (Å²) in [5, 5.41) is 26.0. The molecule has 3 aromatic carbocycles. The summed E-state index contributed by atoms with van der Waals surface area (Å²) in [5.41, 5.74) is 5.62. The number of nitrogens with one attached hydrogen (secondary N) is 8. The third-order valence-corrected chi connectivity index (χ3v) is 13.4. The lowest BCUT2D eigenvalue weighted by molar-refractivity contribution is -0.255. The number of esters is 8. The highest BCUT2D eigenvalue weighted by atomic mass is 32.1. The summed E-state index contributed by atoms with van der Waals surface area (Å²) >= 11 is 22.2. The molecule has 2 aliphatic heterocycles. The van der Waals surface area contributed by atoms with Gasteiger partial charge in [-0.05, 0) is 82.3 Å². The summed E-state index contributed by atoms with van der Waals surface area (Å²) in [6.07, 6.45) is -12.7. The van der Waals surface area contributed by atoms with Crippen LogP contribution in [0.1, 0.15) is 88.8 Å². The van der Waals surface area contributed by atoms with Crippen molar-refractivity contribution in [1.29, 1.82) is 0 Å². The van der Waals surface area contributed by atoms with E-state index in [1.54, 1.807) is 0 Å². The Morgan fingerprint density at radius 3 is 0.884 bits per heavy atom. The minimum Gasteiger partial charge on any atom is -0.463 e. The van der Waals surface area contributed by atoms with Gasteiger partial charge in [0, 0.05) is 94.7 Å². The van der Waals surface area contributed by atoms with Crippen molar-refractivity contribution in [3.05, 3.63) is 106 Å². The Morgan fingerprint density at radius 1 is 0.349 bits per heavy atom. The average molecular weight is 1270 g/mol.